The van der Waals surface area contributed by atoms with E-state index in [-0.39, 0.29) is 18.9 Å². The second-order valence-electron chi connectivity index (χ2n) is 4.97. The summed E-state index contributed by atoms with van der Waals surface area (Å²) >= 11 is 0. The first-order valence-electron chi connectivity index (χ1n) is 7.28. The van der Waals surface area contributed by atoms with Gasteiger partial charge in [-0.25, -0.2) is 0 Å². The molecule has 0 aromatic heterocycles. The highest BCUT2D eigenvalue weighted by Gasteiger charge is 2.26. The maximum absolute atomic E-state index is 11.9. The van der Waals surface area contributed by atoms with Gasteiger partial charge in [0.2, 0.25) is 5.91 Å². The van der Waals surface area contributed by atoms with Crippen LogP contribution in [0, 0.1) is 0 Å². The van der Waals surface area contributed by atoms with E-state index in [9.17, 15) is 9.90 Å². The van der Waals surface area contributed by atoms with Gasteiger partial charge in [-0.15, -0.1) is 0 Å². The molecule has 0 fully saturated rings. The lowest BCUT2D eigenvalue weighted by Crippen LogP contribution is -2.50. The maximum Gasteiger partial charge on any atom is 0.223 e. The van der Waals surface area contributed by atoms with E-state index >= 15 is 0 Å². The van der Waals surface area contributed by atoms with Crippen molar-refractivity contribution < 1.29 is 19.4 Å². The third-order valence-corrected chi connectivity index (χ3v) is 3.72. The van der Waals surface area contributed by atoms with Gasteiger partial charge in [0.15, 0.2) is 0 Å². The molecule has 1 aromatic rings. The average Bonchev–Trinajstić information content (AvgIpc) is 2.53. The summed E-state index contributed by atoms with van der Waals surface area (Å²) in [4.78, 5) is 11.9. The largest absolute Gasteiger partial charge is 0.497 e. The van der Waals surface area contributed by atoms with Crippen molar-refractivity contribution in [3.63, 3.8) is 0 Å². The molecule has 0 atom stereocenters. The standard InChI is InChI=1S/C16H25NO4/c1-4-16(5-2,12-18)17-15(19)10-11-21-14-8-6-13(20-3)7-9-14/h6-9,18H,4-5,10-12H2,1-3H3,(H,17,19). The van der Waals surface area contributed by atoms with Crippen LogP contribution in [0.1, 0.15) is 33.1 Å². The molecular weight excluding hydrogens is 270 g/mol. The Hall–Kier alpha value is -1.75. The highest BCUT2D eigenvalue weighted by Crippen LogP contribution is 2.17. The van der Waals surface area contributed by atoms with E-state index in [2.05, 4.69) is 5.32 Å². The van der Waals surface area contributed by atoms with Gasteiger partial charge in [0.1, 0.15) is 11.5 Å². The molecule has 5 nitrogen and oxygen atoms in total. The van der Waals surface area contributed by atoms with Crippen molar-refractivity contribution in [3.8, 4) is 11.5 Å². The van der Waals surface area contributed by atoms with Gasteiger partial charge in [0.05, 0.1) is 32.3 Å². The predicted molar refractivity (Wildman–Crippen MR) is 81.6 cm³/mol. The minimum absolute atomic E-state index is 0.0505. The van der Waals surface area contributed by atoms with Gasteiger partial charge < -0.3 is 19.9 Å². The molecule has 2 N–H and O–H groups in total. The Morgan fingerprint density at radius 1 is 1.19 bits per heavy atom. The zero-order valence-electron chi connectivity index (χ0n) is 13.0. The van der Waals surface area contributed by atoms with Crippen LogP contribution in [0.25, 0.3) is 0 Å². The van der Waals surface area contributed by atoms with Crippen LogP contribution in [-0.4, -0.2) is 36.9 Å². The second-order valence-corrected chi connectivity index (χ2v) is 4.97. The number of nitrogens with one attached hydrogen (secondary N) is 1. The molecule has 21 heavy (non-hydrogen) atoms. The Kier molecular flexibility index (Phi) is 7.02. The molecule has 1 rings (SSSR count). The molecule has 5 heteroatoms. The highest BCUT2D eigenvalue weighted by molar-refractivity contribution is 5.76. The van der Waals surface area contributed by atoms with E-state index in [1.165, 1.54) is 0 Å². The third kappa shape index (κ3) is 5.27. The molecule has 118 valence electrons. The molecule has 0 aliphatic rings. The van der Waals surface area contributed by atoms with Crippen LogP contribution < -0.4 is 14.8 Å². The molecular formula is C16H25NO4. The predicted octanol–water partition coefficient (Wildman–Crippen LogP) is 2.13. The average molecular weight is 295 g/mol. The quantitative estimate of drug-likeness (QED) is 0.732. The summed E-state index contributed by atoms with van der Waals surface area (Å²) in [6, 6.07) is 7.21. The van der Waals surface area contributed by atoms with Crippen LogP contribution in [0.5, 0.6) is 11.5 Å². The normalized spacial score (nSPS) is 11.0. The van der Waals surface area contributed by atoms with Gasteiger partial charge in [-0.1, -0.05) is 13.8 Å². The zero-order chi connectivity index (χ0) is 15.7. The summed E-state index contributed by atoms with van der Waals surface area (Å²) in [6.45, 7) is 4.15. The summed E-state index contributed by atoms with van der Waals surface area (Å²) in [5.41, 5.74) is -0.517. The summed E-state index contributed by atoms with van der Waals surface area (Å²) in [5, 5.41) is 12.3. The lowest BCUT2D eigenvalue weighted by atomic mass is 9.94. The van der Waals surface area contributed by atoms with Crippen molar-refractivity contribution in [2.45, 2.75) is 38.6 Å². The zero-order valence-corrected chi connectivity index (χ0v) is 13.0. The Balaban J connectivity index is 2.39. The monoisotopic (exact) mass is 295 g/mol. The maximum atomic E-state index is 11.9. The van der Waals surface area contributed by atoms with Crippen LogP contribution >= 0.6 is 0 Å². The SMILES string of the molecule is CCC(CC)(CO)NC(=O)CCOc1ccc(OC)cc1. The third-order valence-electron chi connectivity index (χ3n) is 3.72. The van der Waals surface area contributed by atoms with Crippen LogP contribution in [0.4, 0.5) is 0 Å². The minimum atomic E-state index is -0.517. The fourth-order valence-electron chi connectivity index (χ4n) is 1.98. The van der Waals surface area contributed by atoms with Gasteiger partial charge in [-0.2, -0.15) is 0 Å². The fraction of sp³-hybridized carbons (Fsp3) is 0.562. The van der Waals surface area contributed by atoms with Crippen LogP contribution in [0.2, 0.25) is 0 Å². The minimum Gasteiger partial charge on any atom is -0.497 e. The summed E-state index contributed by atoms with van der Waals surface area (Å²) < 4.78 is 10.6. The lowest BCUT2D eigenvalue weighted by molar-refractivity contribution is -0.124. The number of methoxy groups -OCH3 is 1. The molecule has 0 saturated carbocycles. The Morgan fingerprint density at radius 3 is 2.24 bits per heavy atom. The van der Waals surface area contributed by atoms with Crippen molar-refractivity contribution >= 4 is 5.91 Å². The summed E-state index contributed by atoms with van der Waals surface area (Å²) in [6.07, 6.45) is 1.66. The van der Waals surface area contributed by atoms with Gasteiger partial charge >= 0.3 is 0 Å². The van der Waals surface area contributed by atoms with Crippen LogP contribution in [0.3, 0.4) is 0 Å². The van der Waals surface area contributed by atoms with Gasteiger partial charge in [-0.05, 0) is 37.1 Å². The molecule has 1 amide bonds. The van der Waals surface area contributed by atoms with Gasteiger partial charge in [0, 0.05) is 0 Å². The van der Waals surface area contributed by atoms with Gasteiger partial charge in [0.25, 0.3) is 0 Å². The van der Waals surface area contributed by atoms with Crippen molar-refractivity contribution in [2.24, 2.45) is 0 Å². The number of amides is 1. The lowest BCUT2D eigenvalue weighted by Gasteiger charge is -2.30. The molecule has 0 aliphatic heterocycles. The number of ether oxygens (including phenoxy) is 2. The number of aliphatic hydroxyl groups excluding tert-OH is 1. The number of aliphatic hydroxyl groups is 1. The van der Waals surface area contributed by atoms with E-state index in [4.69, 9.17) is 9.47 Å². The summed E-state index contributed by atoms with van der Waals surface area (Å²) in [7, 11) is 1.61. The van der Waals surface area contributed by atoms with E-state index in [1.807, 2.05) is 13.8 Å². The van der Waals surface area contributed by atoms with Crippen molar-refractivity contribution in [3.05, 3.63) is 24.3 Å². The number of rotatable bonds is 9. The van der Waals surface area contributed by atoms with E-state index in [1.54, 1.807) is 31.4 Å². The van der Waals surface area contributed by atoms with Gasteiger partial charge in [-0.3, -0.25) is 4.79 Å². The van der Waals surface area contributed by atoms with E-state index in [0.717, 1.165) is 5.75 Å². The number of carbonyl (C=O) groups is 1. The smallest absolute Gasteiger partial charge is 0.223 e. The Bertz CT molecular complexity index is 418. The first-order chi connectivity index (χ1) is 10.1. The molecule has 0 saturated heterocycles. The number of hydrogen-bond donors (Lipinski definition) is 2. The highest BCUT2D eigenvalue weighted by atomic mass is 16.5. The molecule has 0 heterocycles. The molecule has 0 aliphatic carbocycles. The molecule has 0 spiro atoms. The Labute approximate surface area is 126 Å². The van der Waals surface area contributed by atoms with Crippen molar-refractivity contribution in [1.29, 1.82) is 0 Å². The number of benzene rings is 1. The number of hydrogen-bond acceptors (Lipinski definition) is 4. The van der Waals surface area contributed by atoms with Crippen molar-refractivity contribution in [2.75, 3.05) is 20.3 Å². The Morgan fingerprint density at radius 2 is 1.76 bits per heavy atom. The molecule has 1 aromatic carbocycles. The van der Waals surface area contributed by atoms with E-state index < -0.39 is 5.54 Å². The molecule has 0 bridgehead atoms. The second kappa shape index (κ2) is 8.52. The van der Waals surface area contributed by atoms with Crippen molar-refractivity contribution in [1.82, 2.24) is 5.32 Å². The number of carbonyl (C=O) groups excluding carboxylic acids is 1. The van der Waals surface area contributed by atoms with Crippen LogP contribution in [-0.2, 0) is 4.79 Å². The first kappa shape index (κ1) is 17.3. The topological polar surface area (TPSA) is 67.8 Å². The first-order valence-corrected chi connectivity index (χ1v) is 7.28. The van der Waals surface area contributed by atoms with E-state index in [0.29, 0.717) is 25.2 Å². The molecule has 0 unspecified atom stereocenters. The fourth-order valence-corrected chi connectivity index (χ4v) is 1.98. The summed E-state index contributed by atoms with van der Waals surface area (Å²) in [5.74, 6) is 1.35. The van der Waals surface area contributed by atoms with Crippen LogP contribution in [0.15, 0.2) is 24.3 Å². The molecule has 0 radical (unpaired) electrons.